The minimum Gasteiger partial charge on any atom is -0.354 e. The molecule has 1 N–H and O–H groups in total. The SMILES string of the molecule is Fc1cncc(Nc2ccc(Br)cc2C(F)(F)F)c1. The van der Waals surface area contributed by atoms with Crippen molar-refractivity contribution in [3.8, 4) is 0 Å². The highest BCUT2D eigenvalue weighted by atomic mass is 79.9. The number of benzene rings is 1. The van der Waals surface area contributed by atoms with Crippen LogP contribution in [0.2, 0.25) is 0 Å². The van der Waals surface area contributed by atoms with Crippen molar-refractivity contribution in [2.75, 3.05) is 5.32 Å². The number of anilines is 2. The summed E-state index contributed by atoms with van der Waals surface area (Å²) < 4.78 is 51.8. The quantitative estimate of drug-likeness (QED) is 0.802. The number of nitrogens with one attached hydrogen (secondary N) is 1. The molecule has 2 nitrogen and oxygen atoms in total. The molecule has 0 spiro atoms. The normalized spacial score (nSPS) is 11.4. The van der Waals surface area contributed by atoms with Gasteiger partial charge in [0.05, 0.1) is 29.3 Å². The maximum Gasteiger partial charge on any atom is 0.418 e. The van der Waals surface area contributed by atoms with E-state index in [4.69, 9.17) is 0 Å². The second-order valence-corrected chi connectivity index (χ2v) is 4.62. The summed E-state index contributed by atoms with van der Waals surface area (Å²) in [6.45, 7) is 0. The van der Waals surface area contributed by atoms with E-state index >= 15 is 0 Å². The molecule has 1 aromatic carbocycles. The van der Waals surface area contributed by atoms with Gasteiger partial charge in [0.1, 0.15) is 5.82 Å². The van der Waals surface area contributed by atoms with Crippen molar-refractivity contribution in [3.05, 3.63) is 52.5 Å². The van der Waals surface area contributed by atoms with E-state index in [9.17, 15) is 17.6 Å². The first-order valence-corrected chi connectivity index (χ1v) is 5.90. The molecular formula is C12H7BrF4N2. The molecule has 0 radical (unpaired) electrons. The number of hydrogen-bond acceptors (Lipinski definition) is 2. The number of aromatic nitrogens is 1. The lowest BCUT2D eigenvalue weighted by molar-refractivity contribution is -0.137. The Labute approximate surface area is 114 Å². The predicted molar refractivity (Wildman–Crippen MR) is 66.6 cm³/mol. The molecule has 1 aromatic heterocycles. The third-order valence-corrected chi connectivity index (χ3v) is 2.76. The molecule has 2 aromatic rings. The molecule has 0 aliphatic rings. The van der Waals surface area contributed by atoms with Gasteiger partial charge in [-0.15, -0.1) is 0 Å². The molecule has 100 valence electrons. The monoisotopic (exact) mass is 334 g/mol. The van der Waals surface area contributed by atoms with Gasteiger partial charge in [-0.25, -0.2) is 4.39 Å². The molecule has 19 heavy (non-hydrogen) atoms. The first-order chi connectivity index (χ1) is 8.86. The molecule has 0 saturated carbocycles. The molecule has 0 bridgehead atoms. The van der Waals surface area contributed by atoms with Crippen molar-refractivity contribution in [1.29, 1.82) is 0 Å². The lowest BCUT2D eigenvalue weighted by Crippen LogP contribution is -2.09. The van der Waals surface area contributed by atoms with Crippen LogP contribution in [-0.4, -0.2) is 4.98 Å². The Hall–Kier alpha value is -1.63. The number of nitrogens with zero attached hydrogens (tertiary/aromatic N) is 1. The summed E-state index contributed by atoms with van der Waals surface area (Å²) in [7, 11) is 0. The molecule has 0 saturated heterocycles. The number of pyridine rings is 1. The number of halogens is 5. The number of rotatable bonds is 2. The molecule has 0 aliphatic carbocycles. The maximum absolute atomic E-state index is 12.9. The summed E-state index contributed by atoms with van der Waals surface area (Å²) in [4.78, 5) is 3.56. The van der Waals surface area contributed by atoms with Crippen LogP contribution in [0.15, 0.2) is 41.1 Å². The Morgan fingerprint density at radius 2 is 1.84 bits per heavy atom. The third-order valence-electron chi connectivity index (χ3n) is 2.27. The van der Waals surface area contributed by atoms with E-state index in [1.54, 1.807) is 0 Å². The van der Waals surface area contributed by atoms with Crippen LogP contribution in [0.3, 0.4) is 0 Å². The second kappa shape index (κ2) is 5.16. The van der Waals surface area contributed by atoms with E-state index < -0.39 is 17.6 Å². The lowest BCUT2D eigenvalue weighted by Gasteiger charge is -2.14. The van der Waals surface area contributed by atoms with E-state index in [0.717, 1.165) is 18.3 Å². The van der Waals surface area contributed by atoms with Gasteiger partial charge in [-0.2, -0.15) is 13.2 Å². The summed E-state index contributed by atoms with van der Waals surface area (Å²) in [6, 6.07) is 4.74. The van der Waals surface area contributed by atoms with Gasteiger partial charge in [-0.1, -0.05) is 15.9 Å². The fourth-order valence-corrected chi connectivity index (χ4v) is 1.86. The Morgan fingerprint density at radius 3 is 2.47 bits per heavy atom. The van der Waals surface area contributed by atoms with Crippen molar-refractivity contribution in [1.82, 2.24) is 4.98 Å². The van der Waals surface area contributed by atoms with Gasteiger partial charge >= 0.3 is 6.18 Å². The van der Waals surface area contributed by atoms with Gasteiger partial charge in [0.2, 0.25) is 0 Å². The van der Waals surface area contributed by atoms with Crippen LogP contribution in [0.5, 0.6) is 0 Å². The Bertz CT molecular complexity index is 599. The van der Waals surface area contributed by atoms with E-state index in [-0.39, 0.29) is 11.4 Å². The first-order valence-electron chi connectivity index (χ1n) is 5.10. The molecular weight excluding hydrogens is 328 g/mol. The number of hydrogen-bond donors (Lipinski definition) is 1. The van der Waals surface area contributed by atoms with Crippen LogP contribution >= 0.6 is 15.9 Å². The largest absolute Gasteiger partial charge is 0.418 e. The van der Waals surface area contributed by atoms with Crippen LogP contribution < -0.4 is 5.32 Å². The lowest BCUT2D eigenvalue weighted by atomic mass is 10.1. The van der Waals surface area contributed by atoms with Crippen molar-refractivity contribution < 1.29 is 17.6 Å². The number of alkyl halides is 3. The second-order valence-electron chi connectivity index (χ2n) is 3.70. The highest BCUT2D eigenvalue weighted by molar-refractivity contribution is 9.10. The van der Waals surface area contributed by atoms with E-state index in [0.29, 0.717) is 4.47 Å². The smallest absolute Gasteiger partial charge is 0.354 e. The molecule has 0 aliphatic heterocycles. The van der Waals surface area contributed by atoms with Crippen LogP contribution in [0, 0.1) is 5.82 Å². The fraction of sp³-hybridized carbons (Fsp3) is 0.0833. The zero-order valence-corrected chi connectivity index (χ0v) is 10.9. The molecule has 2 rings (SSSR count). The Morgan fingerprint density at radius 1 is 1.11 bits per heavy atom. The van der Waals surface area contributed by atoms with E-state index in [1.807, 2.05) is 0 Å². The van der Waals surface area contributed by atoms with Crippen molar-refractivity contribution in [2.45, 2.75) is 6.18 Å². The standard InChI is InChI=1S/C12H7BrF4N2/c13-7-1-2-11(10(3-7)12(15,16)17)19-9-4-8(14)5-18-6-9/h1-6,19H. The van der Waals surface area contributed by atoms with Gasteiger partial charge in [0.25, 0.3) is 0 Å². The van der Waals surface area contributed by atoms with Gasteiger partial charge < -0.3 is 5.32 Å². The van der Waals surface area contributed by atoms with E-state index in [1.165, 1.54) is 18.3 Å². The Balaban J connectivity index is 2.40. The minimum atomic E-state index is -4.51. The van der Waals surface area contributed by atoms with Gasteiger partial charge in [0.15, 0.2) is 0 Å². The van der Waals surface area contributed by atoms with Crippen LogP contribution in [0.25, 0.3) is 0 Å². The van der Waals surface area contributed by atoms with Crippen molar-refractivity contribution in [2.24, 2.45) is 0 Å². The molecule has 7 heteroatoms. The molecule has 0 unspecified atom stereocenters. The first kappa shape index (κ1) is 13.8. The summed E-state index contributed by atoms with van der Waals surface area (Å²) in [5.41, 5.74) is -0.859. The van der Waals surface area contributed by atoms with Crippen LogP contribution in [0.1, 0.15) is 5.56 Å². The van der Waals surface area contributed by atoms with Crippen molar-refractivity contribution in [3.63, 3.8) is 0 Å². The maximum atomic E-state index is 12.9. The summed E-state index contributed by atoms with van der Waals surface area (Å²) >= 11 is 2.99. The summed E-state index contributed by atoms with van der Waals surface area (Å²) in [5.74, 6) is -0.629. The zero-order valence-electron chi connectivity index (χ0n) is 9.30. The molecule has 0 fully saturated rings. The zero-order chi connectivity index (χ0) is 14.0. The van der Waals surface area contributed by atoms with Gasteiger partial charge in [0, 0.05) is 10.5 Å². The summed E-state index contributed by atoms with van der Waals surface area (Å²) in [5, 5.41) is 2.50. The third kappa shape index (κ3) is 3.44. The highest BCUT2D eigenvalue weighted by Gasteiger charge is 2.33. The van der Waals surface area contributed by atoms with Crippen LogP contribution in [-0.2, 0) is 6.18 Å². The predicted octanol–water partition coefficient (Wildman–Crippen LogP) is 4.75. The summed E-state index contributed by atoms with van der Waals surface area (Å²) in [6.07, 6.45) is -2.30. The van der Waals surface area contributed by atoms with E-state index in [2.05, 4.69) is 26.2 Å². The fourth-order valence-electron chi connectivity index (χ4n) is 1.50. The Kier molecular flexibility index (Phi) is 3.75. The van der Waals surface area contributed by atoms with Gasteiger partial charge in [-0.05, 0) is 18.2 Å². The molecule has 1 heterocycles. The van der Waals surface area contributed by atoms with Crippen LogP contribution in [0.4, 0.5) is 28.9 Å². The van der Waals surface area contributed by atoms with Crippen molar-refractivity contribution >= 4 is 27.3 Å². The average molecular weight is 335 g/mol. The highest BCUT2D eigenvalue weighted by Crippen LogP contribution is 2.37. The van der Waals surface area contributed by atoms with Gasteiger partial charge in [-0.3, -0.25) is 4.98 Å². The topological polar surface area (TPSA) is 24.9 Å². The molecule has 0 atom stereocenters. The molecule has 0 amide bonds. The minimum absolute atomic E-state index is 0.146. The average Bonchev–Trinajstić information content (AvgIpc) is 2.30.